The molecule has 8 nitrogen and oxygen atoms in total. The summed E-state index contributed by atoms with van der Waals surface area (Å²) >= 11 is 0. The molecule has 0 aliphatic carbocycles. The minimum absolute atomic E-state index is 0.0568. The molecule has 1 saturated heterocycles. The van der Waals surface area contributed by atoms with Gasteiger partial charge in [0.25, 0.3) is 5.91 Å². The van der Waals surface area contributed by atoms with Crippen molar-refractivity contribution in [3.8, 4) is 11.3 Å². The second kappa shape index (κ2) is 8.30. The summed E-state index contributed by atoms with van der Waals surface area (Å²) in [6.45, 7) is 3.24. The largest absolute Gasteiger partial charge is 0.465 e. The quantitative estimate of drug-likeness (QED) is 0.693. The molecule has 8 heteroatoms. The summed E-state index contributed by atoms with van der Waals surface area (Å²) in [5, 5.41) is 9.96. The first-order chi connectivity index (χ1) is 14.1. The number of hydrogen-bond acceptors (Lipinski definition) is 5. The van der Waals surface area contributed by atoms with Crippen molar-refractivity contribution < 1.29 is 14.0 Å². The Hall–Kier alpha value is -3.42. The molecule has 1 aliphatic heterocycles. The maximum atomic E-state index is 12.9. The van der Waals surface area contributed by atoms with Crippen LogP contribution in [0.3, 0.4) is 0 Å². The van der Waals surface area contributed by atoms with Crippen LogP contribution in [0.1, 0.15) is 34.9 Å². The number of carbonyl (C=O) groups excluding carboxylic acids is 2. The molecule has 3 aromatic heterocycles. The number of pyridine rings is 1. The van der Waals surface area contributed by atoms with Gasteiger partial charge in [0.2, 0.25) is 5.91 Å². The topological polar surface area (TPSA) is 104 Å². The van der Waals surface area contributed by atoms with Crippen LogP contribution in [0.15, 0.2) is 47.1 Å². The number of hydrogen-bond donors (Lipinski definition) is 2. The van der Waals surface area contributed by atoms with Crippen molar-refractivity contribution in [2.75, 3.05) is 13.1 Å². The lowest BCUT2D eigenvalue weighted by Crippen LogP contribution is -2.45. The van der Waals surface area contributed by atoms with Crippen LogP contribution in [-0.2, 0) is 11.3 Å². The highest BCUT2D eigenvalue weighted by Crippen LogP contribution is 2.21. The molecule has 2 N–H and O–H groups in total. The van der Waals surface area contributed by atoms with E-state index in [1.165, 1.54) is 0 Å². The Kier molecular flexibility index (Phi) is 5.41. The predicted octanol–water partition coefficient (Wildman–Crippen LogP) is 2.54. The molecule has 0 radical (unpaired) electrons. The molecule has 4 heterocycles. The standard InChI is InChI=1S/C21H23N5O3/c1-14-4-5-17(29-14)12-23-20(27)16-3-2-10-26(13-16)21(28)19-11-18(24-25-19)15-6-8-22-9-7-15/h4-9,11,16H,2-3,10,12-13H2,1H3,(H,23,27)(H,24,25)/t16-/m1/s1. The van der Waals surface area contributed by atoms with Gasteiger partial charge in [-0.15, -0.1) is 0 Å². The van der Waals surface area contributed by atoms with Crippen LogP contribution in [0.5, 0.6) is 0 Å². The Morgan fingerprint density at radius 3 is 2.86 bits per heavy atom. The number of aromatic amines is 1. The number of furan rings is 1. The fraction of sp³-hybridized carbons (Fsp3) is 0.333. The average Bonchev–Trinajstić information content (AvgIpc) is 3.41. The van der Waals surface area contributed by atoms with Gasteiger partial charge in [0.1, 0.15) is 17.2 Å². The Labute approximate surface area is 168 Å². The van der Waals surface area contributed by atoms with Crippen LogP contribution in [0.2, 0.25) is 0 Å². The van der Waals surface area contributed by atoms with Crippen molar-refractivity contribution in [3.63, 3.8) is 0 Å². The highest BCUT2D eigenvalue weighted by molar-refractivity contribution is 5.94. The molecule has 0 saturated carbocycles. The van der Waals surface area contributed by atoms with Gasteiger partial charge in [-0.25, -0.2) is 0 Å². The van der Waals surface area contributed by atoms with Gasteiger partial charge >= 0.3 is 0 Å². The maximum Gasteiger partial charge on any atom is 0.271 e. The third-order valence-corrected chi connectivity index (χ3v) is 5.10. The lowest BCUT2D eigenvalue weighted by molar-refractivity contribution is -0.126. The normalized spacial score (nSPS) is 16.6. The van der Waals surface area contributed by atoms with Gasteiger partial charge in [-0.2, -0.15) is 5.10 Å². The summed E-state index contributed by atoms with van der Waals surface area (Å²) in [6, 6.07) is 9.14. The number of piperidine rings is 1. The Morgan fingerprint density at radius 1 is 1.28 bits per heavy atom. The molecular weight excluding hydrogens is 370 g/mol. The van der Waals surface area contributed by atoms with E-state index in [1.807, 2.05) is 31.2 Å². The van der Waals surface area contributed by atoms with Crippen molar-refractivity contribution >= 4 is 11.8 Å². The average molecular weight is 393 g/mol. The van der Waals surface area contributed by atoms with Gasteiger partial charge in [0.05, 0.1) is 18.2 Å². The van der Waals surface area contributed by atoms with Crippen LogP contribution >= 0.6 is 0 Å². The molecule has 4 rings (SSSR count). The van der Waals surface area contributed by atoms with Crippen LogP contribution < -0.4 is 5.32 Å². The Balaban J connectivity index is 1.37. The lowest BCUT2D eigenvalue weighted by Gasteiger charge is -2.31. The zero-order valence-electron chi connectivity index (χ0n) is 16.2. The number of amides is 2. The van der Waals surface area contributed by atoms with Gasteiger partial charge in [0, 0.05) is 31.0 Å². The second-order valence-corrected chi connectivity index (χ2v) is 7.22. The number of carbonyl (C=O) groups is 2. The fourth-order valence-electron chi connectivity index (χ4n) is 3.55. The van der Waals surface area contributed by atoms with Crippen molar-refractivity contribution in [1.82, 2.24) is 25.4 Å². The van der Waals surface area contributed by atoms with Gasteiger partial charge in [0.15, 0.2) is 0 Å². The fourth-order valence-corrected chi connectivity index (χ4v) is 3.55. The van der Waals surface area contributed by atoms with Gasteiger partial charge < -0.3 is 14.6 Å². The van der Waals surface area contributed by atoms with E-state index in [4.69, 9.17) is 4.42 Å². The molecule has 1 aliphatic rings. The van der Waals surface area contributed by atoms with Crippen LogP contribution in [0, 0.1) is 12.8 Å². The minimum Gasteiger partial charge on any atom is -0.465 e. The van der Waals surface area contributed by atoms with E-state index in [1.54, 1.807) is 23.4 Å². The second-order valence-electron chi connectivity index (χ2n) is 7.22. The van der Waals surface area contributed by atoms with Crippen molar-refractivity contribution in [2.45, 2.75) is 26.3 Å². The van der Waals surface area contributed by atoms with E-state index in [0.29, 0.717) is 31.0 Å². The first-order valence-corrected chi connectivity index (χ1v) is 9.68. The Bertz CT molecular complexity index is 995. The molecule has 29 heavy (non-hydrogen) atoms. The van der Waals surface area contributed by atoms with Crippen LogP contribution in [0.25, 0.3) is 11.3 Å². The molecule has 2 amide bonds. The number of nitrogens with one attached hydrogen (secondary N) is 2. The summed E-state index contributed by atoms with van der Waals surface area (Å²) in [6.07, 6.45) is 4.92. The molecule has 0 aromatic carbocycles. The third-order valence-electron chi connectivity index (χ3n) is 5.10. The summed E-state index contributed by atoms with van der Waals surface area (Å²) < 4.78 is 5.48. The highest BCUT2D eigenvalue weighted by atomic mass is 16.3. The van der Waals surface area contributed by atoms with E-state index in [9.17, 15) is 9.59 Å². The summed E-state index contributed by atoms with van der Waals surface area (Å²) in [4.78, 5) is 31.2. The summed E-state index contributed by atoms with van der Waals surface area (Å²) in [7, 11) is 0. The van der Waals surface area contributed by atoms with E-state index >= 15 is 0 Å². The summed E-state index contributed by atoms with van der Waals surface area (Å²) in [5.74, 6) is 1.11. The smallest absolute Gasteiger partial charge is 0.271 e. The number of likely N-dealkylation sites (tertiary alicyclic amines) is 1. The number of aromatic nitrogens is 3. The SMILES string of the molecule is Cc1ccc(CNC(=O)[C@@H]2CCCN(C(=O)c3cc(-c4ccncc4)n[nH]3)C2)o1. The number of H-pyrrole nitrogens is 1. The maximum absolute atomic E-state index is 12.9. The van der Waals surface area contributed by atoms with E-state index in [2.05, 4.69) is 20.5 Å². The zero-order valence-corrected chi connectivity index (χ0v) is 16.2. The van der Waals surface area contributed by atoms with Crippen LogP contribution in [0.4, 0.5) is 0 Å². The molecule has 0 unspecified atom stereocenters. The molecule has 1 fully saturated rings. The van der Waals surface area contributed by atoms with Gasteiger partial charge in [-0.3, -0.25) is 19.7 Å². The first kappa shape index (κ1) is 18.9. The molecule has 0 spiro atoms. The van der Waals surface area contributed by atoms with Crippen molar-refractivity contribution in [2.24, 2.45) is 5.92 Å². The van der Waals surface area contributed by atoms with E-state index < -0.39 is 0 Å². The molecule has 1 atom stereocenters. The monoisotopic (exact) mass is 393 g/mol. The molecule has 0 bridgehead atoms. The molecule has 150 valence electrons. The zero-order chi connectivity index (χ0) is 20.2. The van der Waals surface area contributed by atoms with Gasteiger partial charge in [-0.1, -0.05) is 0 Å². The van der Waals surface area contributed by atoms with E-state index in [0.717, 1.165) is 29.9 Å². The lowest BCUT2D eigenvalue weighted by atomic mass is 9.97. The Morgan fingerprint density at radius 2 is 2.10 bits per heavy atom. The number of aryl methyl sites for hydroxylation is 1. The number of nitrogens with zero attached hydrogens (tertiary/aromatic N) is 3. The summed E-state index contributed by atoms with van der Waals surface area (Å²) in [5.41, 5.74) is 2.00. The minimum atomic E-state index is -0.230. The van der Waals surface area contributed by atoms with E-state index in [-0.39, 0.29) is 17.7 Å². The highest BCUT2D eigenvalue weighted by Gasteiger charge is 2.29. The van der Waals surface area contributed by atoms with Crippen molar-refractivity contribution in [3.05, 3.63) is 59.9 Å². The third kappa shape index (κ3) is 4.37. The molecule has 3 aromatic rings. The van der Waals surface area contributed by atoms with Crippen LogP contribution in [-0.4, -0.2) is 45.0 Å². The number of rotatable bonds is 5. The molecular formula is C21H23N5O3. The van der Waals surface area contributed by atoms with Crippen molar-refractivity contribution in [1.29, 1.82) is 0 Å². The predicted molar refractivity (Wildman–Crippen MR) is 106 cm³/mol. The first-order valence-electron chi connectivity index (χ1n) is 9.68. The van der Waals surface area contributed by atoms with Gasteiger partial charge in [-0.05, 0) is 50.1 Å².